The number of nitrogen functional groups attached to an aromatic ring is 1. The van der Waals surface area contributed by atoms with Crippen molar-refractivity contribution in [2.24, 2.45) is 5.41 Å². The number of aromatic carboxylic acids is 1. The van der Waals surface area contributed by atoms with Gasteiger partial charge in [-0.05, 0) is 18.3 Å². The summed E-state index contributed by atoms with van der Waals surface area (Å²) in [6.07, 6.45) is 5.20. The van der Waals surface area contributed by atoms with E-state index >= 15 is 0 Å². The minimum atomic E-state index is -1.06. The number of aromatic nitrogens is 2. The Morgan fingerprint density at radius 3 is 2.80 bits per heavy atom. The minimum absolute atomic E-state index is 0.0436. The molecule has 0 bridgehead atoms. The molecule has 0 radical (unpaired) electrons. The molecule has 0 spiro atoms. The smallest absolute Gasteiger partial charge is 0.358 e. The van der Waals surface area contributed by atoms with Gasteiger partial charge in [-0.1, -0.05) is 13.3 Å². The molecule has 1 aliphatic rings. The maximum absolute atomic E-state index is 10.7. The molecule has 1 aromatic rings. The molecule has 2 rings (SSSR count). The van der Waals surface area contributed by atoms with Crippen LogP contribution in [-0.2, 0) is 6.54 Å². The first kappa shape index (κ1) is 10.0. The van der Waals surface area contributed by atoms with E-state index in [0.29, 0.717) is 0 Å². The van der Waals surface area contributed by atoms with E-state index in [4.69, 9.17) is 10.8 Å². The second kappa shape index (κ2) is 3.25. The van der Waals surface area contributed by atoms with Crippen LogP contribution in [0.4, 0.5) is 5.69 Å². The lowest BCUT2D eigenvalue weighted by Gasteiger charge is -2.38. The van der Waals surface area contributed by atoms with Gasteiger partial charge in [0.25, 0.3) is 0 Å². The summed E-state index contributed by atoms with van der Waals surface area (Å²) in [6, 6.07) is 0. The molecule has 82 valence electrons. The lowest BCUT2D eigenvalue weighted by molar-refractivity contribution is 0.0687. The van der Waals surface area contributed by atoms with Crippen LogP contribution in [0.2, 0.25) is 0 Å². The molecule has 15 heavy (non-hydrogen) atoms. The number of nitrogens with two attached hydrogens (primary N) is 1. The van der Waals surface area contributed by atoms with E-state index in [1.165, 1.54) is 19.3 Å². The molecule has 0 atom stereocenters. The fraction of sp³-hybridized carbons (Fsp3) is 0.600. The van der Waals surface area contributed by atoms with Gasteiger partial charge < -0.3 is 10.8 Å². The SMILES string of the molecule is CC1(Cn2cc(N)c(C(=O)O)n2)CCC1. The molecule has 1 saturated carbocycles. The van der Waals surface area contributed by atoms with E-state index in [0.717, 1.165) is 6.54 Å². The summed E-state index contributed by atoms with van der Waals surface area (Å²) < 4.78 is 1.65. The number of carboxylic acids is 1. The van der Waals surface area contributed by atoms with Gasteiger partial charge in [0, 0.05) is 12.7 Å². The molecule has 0 saturated heterocycles. The van der Waals surface area contributed by atoms with Crippen molar-refractivity contribution >= 4 is 11.7 Å². The van der Waals surface area contributed by atoms with Gasteiger partial charge in [0.2, 0.25) is 0 Å². The first-order valence-corrected chi connectivity index (χ1v) is 5.06. The highest BCUT2D eigenvalue weighted by Crippen LogP contribution is 2.41. The van der Waals surface area contributed by atoms with Crippen LogP contribution in [0.15, 0.2) is 6.20 Å². The quantitative estimate of drug-likeness (QED) is 0.787. The predicted molar refractivity (Wildman–Crippen MR) is 55.6 cm³/mol. The van der Waals surface area contributed by atoms with E-state index in [9.17, 15) is 4.79 Å². The third-order valence-electron chi connectivity index (χ3n) is 3.10. The second-order valence-corrected chi connectivity index (χ2v) is 4.60. The molecular weight excluding hydrogens is 194 g/mol. The van der Waals surface area contributed by atoms with Crippen LogP contribution >= 0.6 is 0 Å². The standard InChI is InChI=1S/C10H15N3O2/c1-10(3-2-4-10)6-13-5-7(11)8(12-13)9(14)15/h5H,2-4,6,11H2,1H3,(H,14,15). The van der Waals surface area contributed by atoms with Gasteiger partial charge in [0.15, 0.2) is 5.69 Å². The van der Waals surface area contributed by atoms with Crippen LogP contribution in [0.25, 0.3) is 0 Å². The molecule has 0 amide bonds. The summed E-state index contributed by atoms with van der Waals surface area (Å²) in [5.74, 6) is -1.06. The highest BCUT2D eigenvalue weighted by molar-refractivity contribution is 5.91. The summed E-state index contributed by atoms with van der Waals surface area (Å²) >= 11 is 0. The molecule has 3 N–H and O–H groups in total. The maximum Gasteiger partial charge on any atom is 0.358 e. The monoisotopic (exact) mass is 209 g/mol. The van der Waals surface area contributed by atoms with Gasteiger partial charge in [-0.15, -0.1) is 0 Å². The Kier molecular flexibility index (Phi) is 2.17. The van der Waals surface area contributed by atoms with Crippen molar-refractivity contribution in [1.29, 1.82) is 0 Å². The van der Waals surface area contributed by atoms with Gasteiger partial charge in [-0.2, -0.15) is 5.10 Å². The van der Waals surface area contributed by atoms with Crippen molar-refractivity contribution in [2.45, 2.75) is 32.7 Å². The molecule has 0 unspecified atom stereocenters. The van der Waals surface area contributed by atoms with Crippen molar-refractivity contribution in [1.82, 2.24) is 9.78 Å². The normalized spacial score (nSPS) is 18.5. The van der Waals surface area contributed by atoms with Crippen LogP contribution in [0.1, 0.15) is 36.7 Å². The Morgan fingerprint density at radius 2 is 2.40 bits per heavy atom. The Morgan fingerprint density at radius 1 is 1.73 bits per heavy atom. The van der Waals surface area contributed by atoms with Crippen LogP contribution in [0.3, 0.4) is 0 Å². The van der Waals surface area contributed by atoms with Crippen molar-refractivity contribution in [2.75, 3.05) is 5.73 Å². The minimum Gasteiger partial charge on any atom is -0.476 e. The van der Waals surface area contributed by atoms with Crippen LogP contribution in [-0.4, -0.2) is 20.9 Å². The highest BCUT2D eigenvalue weighted by atomic mass is 16.4. The summed E-state index contributed by atoms with van der Waals surface area (Å²) in [7, 11) is 0. The topological polar surface area (TPSA) is 81.1 Å². The van der Waals surface area contributed by atoms with Crippen molar-refractivity contribution in [3.8, 4) is 0 Å². The van der Waals surface area contributed by atoms with Gasteiger partial charge in [-0.3, -0.25) is 4.68 Å². The summed E-state index contributed by atoms with van der Waals surface area (Å²) in [4.78, 5) is 10.7. The number of nitrogens with zero attached hydrogens (tertiary/aromatic N) is 2. The first-order chi connectivity index (χ1) is 7.00. The number of rotatable bonds is 3. The molecule has 1 fully saturated rings. The van der Waals surface area contributed by atoms with Gasteiger partial charge in [-0.25, -0.2) is 4.79 Å². The number of carboxylic acid groups (broad SMARTS) is 1. The fourth-order valence-electron chi connectivity index (χ4n) is 2.01. The molecule has 1 aromatic heterocycles. The molecule has 5 heteroatoms. The number of hydrogen-bond acceptors (Lipinski definition) is 3. The van der Waals surface area contributed by atoms with E-state index < -0.39 is 5.97 Å². The third-order valence-corrected chi connectivity index (χ3v) is 3.10. The Bertz CT molecular complexity index is 393. The Labute approximate surface area is 87.9 Å². The number of hydrogen-bond donors (Lipinski definition) is 2. The largest absolute Gasteiger partial charge is 0.476 e. The predicted octanol–water partition coefficient (Wildman–Crippen LogP) is 1.35. The van der Waals surface area contributed by atoms with Crippen molar-refractivity contribution in [3.05, 3.63) is 11.9 Å². The summed E-state index contributed by atoms with van der Waals surface area (Å²) in [5, 5.41) is 12.8. The summed E-state index contributed by atoms with van der Waals surface area (Å²) in [5.41, 5.74) is 6.03. The van der Waals surface area contributed by atoms with Crippen LogP contribution in [0.5, 0.6) is 0 Å². The number of anilines is 1. The second-order valence-electron chi connectivity index (χ2n) is 4.60. The lowest BCUT2D eigenvalue weighted by atomic mass is 9.70. The third kappa shape index (κ3) is 1.82. The Hall–Kier alpha value is -1.52. The van der Waals surface area contributed by atoms with Crippen molar-refractivity contribution < 1.29 is 9.90 Å². The average molecular weight is 209 g/mol. The molecular formula is C10H15N3O2. The molecule has 5 nitrogen and oxygen atoms in total. The van der Waals surface area contributed by atoms with E-state index in [1.54, 1.807) is 10.9 Å². The van der Waals surface area contributed by atoms with E-state index in [1.807, 2.05) is 0 Å². The zero-order chi connectivity index (χ0) is 11.1. The molecule has 0 aromatic carbocycles. The number of carbonyl (C=O) groups is 1. The zero-order valence-electron chi connectivity index (χ0n) is 8.73. The summed E-state index contributed by atoms with van der Waals surface area (Å²) in [6.45, 7) is 2.94. The highest BCUT2D eigenvalue weighted by Gasteiger charge is 2.32. The van der Waals surface area contributed by atoms with Gasteiger partial charge >= 0.3 is 5.97 Å². The zero-order valence-corrected chi connectivity index (χ0v) is 8.73. The van der Waals surface area contributed by atoms with Crippen LogP contribution in [0, 0.1) is 5.41 Å². The van der Waals surface area contributed by atoms with Crippen LogP contribution < -0.4 is 5.73 Å². The van der Waals surface area contributed by atoms with E-state index in [-0.39, 0.29) is 16.8 Å². The first-order valence-electron chi connectivity index (χ1n) is 5.06. The molecule has 1 aliphatic carbocycles. The lowest BCUT2D eigenvalue weighted by Crippen LogP contribution is -2.31. The van der Waals surface area contributed by atoms with Gasteiger partial charge in [0.05, 0.1) is 5.69 Å². The van der Waals surface area contributed by atoms with Crippen molar-refractivity contribution in [3.63, 3.8) is 0 Å². The fourth-order valence-corrected chi connectivity index (χ4v) is 2.01. The molecule has 0 aliphatic heterocycles. The maximum atomic E-state index is 10.7. The van der Waals surface area contributed by atoms with E-state index in [2.05, 4.69) is 12.0 Å². The van der Waals surface area contributed by atoms with Gasteiger partial charge in [0.1, 0.15) is 0 Å². The average Bonchev–Trinajstić information content (AvgIpc) is 2.44. The molecule has 1 heterocycles. The Balaban J connectivity index is 2.16.